The van der Waals surface area contributed by atoms with Crippen LogP contribution in [-0.4, -0.2) is 15.0 Å². The van der Waals surface area contributed by atoms with Crippen LogP contribution in [0.1, 0.15) is 9.60 Å². The van der Waals surface area contributed by atoms with Crippen molar-refractivity contribution in [1.29, 1.82) is 0 Å². The molecule has 4 rings (SSSR count). The van der Waals surface area contributed by atoms with E-state index in [1.807, 2.05) is 6.07 Å². The van der Waals surface area contributed by atoms with Crippen molar-refractivity contribution in [3.63, 3.8) is 0 Å². The molecule has 0 amide bonds. The molecular formula is C19H12ClN3. The molecule has 0 aliphatic heterocycles. The molecule has 1 aromatic heterocycles. The van der Waals surface area contributed by atoms with Crippen LogP contribution in [0.4, 0.5) is 0 Å². The van der Waals surface area contributed by atoms with Crippen LogP contribution in [0.3, 0.4) is 0 Å². The van der Waals surface area contributed by atoms with Crippen molar-refractivity contribution in [3.8, 4) is 22.8 Å². The van der Waals surface area contributed by atoms with Crippen LogP contribution in [0.15, 0.2) is 72.6 Å². The van der Waals surface area contributed by atoms with Gasteiger partial charge in [0.25, 0.3) is 0 Å². The molecule has 4 heteroatoms. The molecule has 0 bridgehead atoms. The van der Waals surface area contributed by atoms with Gasteiger partial charge in [0.15, 0.2) is 11.6 Å². The van der Waals surface area contributed by atoms with E-state index in [-0.39, 0.29) is 33.3 Å². The zero-order valence-corrected chi connectivity index (χ0v) is 12.4. The monoisotopic (exact) mass is 324 g/mol. The summed E-state index contributed by atoms with van der Waals surface area (Å²) in [7, 11) is 0. The summed E-state index contributed by atoms with van der Waals surface area (Å²) in [5.74, 6) is 0.0999. The zero-order valence-electron chi connectivity index (χ0n) is 18.6. The molecule has 4 aromatic rings. The van der Waals surface area contributed by atoms with Crippen molar-refractivity contribution < 1.29 is 9.60 Å². The van der Waals surface area contributed by atoms with E-state index in [1.54, 1.807) is 24.3 Å². The number of hydrogen-bond acceptors (Lipinski definition) is 3. The van der Waals surface area contributed by atoms with Gasteiger partial charge in [0.1, 0.15) is 0 Å². The van der Waals surface area contributed by atoms with Crippen molar-refractivity contribution in [2.45, 2.75) is 0 Å². The Kier molecular flexibility index (Phi) is 2.06. The number of benzene rings is 3. The SMILES string of the molecule is [2H]c1c([2H])c([2H])c2c(-c3nc(Cl)nc(-c4ccccc4)n3)c([2H])c([2H])c([2H])c2c1[2H]. The predicted octanol–water partition coefficient (Wildman–Crippen LogP) is 5.01. The van der Waals surface area contributed by atoms with E-state index in [9.17, 15) is 0 Å². The Morgan fingerprint density at radius 1 is 0.783 bits per heavy atom. The molecule has 0 saturated carbocycles. The van der Waals surface area contributed by atoms with Gasteiger partial charge in [0.05, 0.1) is 9.60 Å². The maximum Gasteiger partial charge on any atom is 0.226 e. The Morgan fingerprint density at radius 3 is 2.39 bits per heavy atom. The Balaban J connectivity index is 2.16. The molecule has 0 aliphatic carbocycles. The van der Waals surface area contributed by atoms with Gasteiger partial charge < -0.3 is 0 Å². The van der Waals surface area contributed by atoms with Gasteiger partial charge in [-0.25, -0.2) is 4.98 Å². The smallest absolute Gasteiger partial charge is 0.208 e. The van der Waals surface area contributed by atoms with Crippen LogP contribution in [0.5, 0.6) is 0 Å². The Bertz CT molecular complexity index is 1320. The first-order valence-corrected chi connectivity index (χ1v) is 7.07. The summed E-state index contributed by atoms with van der Waals surface area (Å²) in [6, 6.07) is 5.54. The molecule has 3 aromatic carbocycles. The van der Waals surface area contributed by atoms with Crippen LogP contribution in [0, 0.1) is 0 Å². The second-order valence-electron chi connectivity index (χ2n) is 4.62. The quantitative estimate of drug-likeness (QED) is 0.520. The largest absolute Gasteiger partial charge is 0.226 e. The molecule has 0 unspecified atom stereocenters. The lowest BCUT2D eigenvalue weighted by Gasteiger charge is -2.07. The second-order valence-corrected chi connectivity index (χ2v) is 4.96. The minimum Gasteiger partial charge on any atom is -0.208 e. The minimum absolute atomic E-state index is 0.0977. The average molecular weight is 325 g/mol. The third kappa shape index (κ3) is 2.67. The molecule has 0 spiro atoms. The summed E-state index contributed by atoms with van der Waals surface area (Å²) in [6.07, 6.45) is 0. The highest BCUT2D eigenvalue weighted by atomic mass is 35.5. The van der Waals surface area contributed by atoms with E-state index in [1.165, 1.54) is 0 Å². The Morgan fingerprint density at radius 2 is 1.52 bits per heavy atom. The first-order chi connectivity index (χ1) is 14.2. The third-order valence-corrected chi connectivity index (χ3v) is 3.35. The van der Waals surface area contributed by atoms with E-state index in [4.69, 9.17) is 21.2 Å². The van der Waals surface area contributed by atoms with E-state index in [0.29, 0.717) is 5.56 Å². The van der Waals surface area contributed by atoms with Crippen LogP contribution in [-0.2, 0) is 0 Å². The van der Waals surface area contributed by atoms with Gasteiger partial charge in [-0.3, -0.25) is 0 Å². The third-order valence-electron chi connectivity index (χ3n) is 3.18. The van der Waals surface area contributed by atoms with Crippen molar-refractivity contribution in [2.24, 2.45) is 0 Å². The molecule has 0 saturated heterocycles. The fourth-order valence-electron chi connectivity index (χ4n) is 2.16. The number of hydrogen-bond donors (Lipinski definition) is 0. The maximum atomic E-state index is 8.39. The van der Waals surface area contributed by atoms with Crippen LogP contribution in [0.25, 0.3) is 33.5 Å². The highest BCUT2D eigenvalue weighted by Crippen LogP contribution is 2.28. The Hall–Kier alpha value is -2.78. The van der Waals surface area contributed by atoms with Crippen molar-refractivity contribution in [3.05, 3.63) is 77.9 Å². The maximum absolute atomic E-state index is 8.39. The summed E-state index contributed by atoms with van der Waals surface area (Å²) in [6.45, 7) is 0. The van der Waals surface area contributed by atoms with Gasteiger partial charge in [0.2, 0.25) is 5.28 Å². The van der Waals surface area contributed by atoms with E-state index in [0.717, 1.165) is 0 Å². The summed E-state index contributed by atoms with van der Waals surface area (Å²) >= 11 is 6.09. The van der Waals surface area contributed by atoms with Crippen molar-refractivity contribution in [1.82, 2.24) is 15.0 Å². The molecule has 110 valence electrons. The molecule has 23 heavy (non-hydrogen) atoms. The minimum atomic E-state index is -0.525. The molecule has 0 aliphatic rings. The first kappa shape index (κ1) is 8.18. The molecule has 0 radical (unpaired) electrons. The molecular weight excluding hydrogens is 306 g/mol. The number of aromatic nitrogens is 3. The average Bonchev–Trinajstić information content (AvgIpc) is 2.74. The first-order valence-electron chi connectivity index (χ1n) is 10.2. The topological polar surface area (TPSA) is 38.7 Å². The summed E-state index contributed by atoms with van der Waals surface area (Å²) in [5.41, 5.74) is 0.531. The van der Waals surface area contributed by atoms with E-state index in [2.05, 4.69) is 15.0 Å². The van der Waals surface area contributed by atoms with Crippen LogP contribution >= 0.6 is 11.6 Å². The lowest BCUT2D eigenvalue weighted by Crippen LogP contribution is -1.97. The van der Waals surface area contributed by atoms with Crippen LogP contribution < -0.4 is 0 Å². The lowest BCUT2D eigenvalue weighted by atomic mass is 10.0. The number of rotatable bonds is 2. The lowest BCUT2D eigenvalue weighted by molar-refractivity contribution is 1.07. The highest BCUT2D eigenvalue weighted by Gasteiger charge is 2.11. The molecule has 0 atom stereocenters. The van der Waals surface area contributed by atoms with Gasteiger partial charge in [-0.1, -0.05) is 72.6 Å². The molecule has 3 nitrogen and oxygen atoms in total. The predicted molar refractivity (Wildman–Crippen MR) is 93.2 cm³/mol. The standard InChI is InChI=1S/C19H12ClN3/c20-19-22-17(14-8-2-1-3-9-14)21-18(23-19)16-12-6-10-13-7-4-5-11-15(13)16/h1-12H/i4D,5D,6D,7D,10D,11D,12D. The Labute approximate surface area is 148 Å². The number of fused-ring (bicyclic) bond motifs is 1. The summed E-state index contributed by atoms with van der Waals surface area (Å²) < 4.78 is 57.1. The van der Waals surface area contributed by atoms with Gasteiger partial charge in [-0.05, 0) is 22.4 Å². The number of nitrogens with zero attached hydrogens (tertiary/aromatic N) is 3. The molecule has 0 fully saturated rings. The van der Waals surface area contributed by atoms with Gasteiger partial charge in [-0.15, -0.1) is 0 Å². The fourth-order valence-corrected chi connectivity index (χ4v) is 2.32. The van der Waals surface area contributed by atoms with Gasteiger partial charge >= 0.3 is 0 Å². The van der Waals surface area contributed by atoms with Crippen LogP contribution in [0.2, 0.25) is 5.28 Å². The van der Waals surface area contributed by atoms with E-state index < -0.39 is 42.3 Å². The van der Waals surface area contributed by atoms with Crippen molar-refractivity contribution in [2.75, 3.05) is 0 Å². The van der Waals surface area contributed by atoms with Gasteiger partial charge in [0, 0.05) is 11.1 Å². The molecule has 0 N–H and O–H groups in total. The normalized spacial score (nSPS) is 15.1. The van der Waals surface area contributed by atoms with Crippen molar-refractivity contribution >= 4 is 22.4 Å². The summed E-state index contributed by atoms with van der Waals surface area (Å²) in [4.78, 5) is 12.5. The zero-order chi connectivity index (χ0) is 21.7. The second kappa shape index (κ2) is 5.78. The molecule has 1 heterocycles. The highest BCUT2D eigenvalue weighted by molar-refractivity contribution is 6.28. The number of halogens is 1. The van der Waals surface area contributed by atoms with E-state index >= 15 is 0 Å². The summed E-state index contributed by atoms with van der Waals surface area (Å²) in [5, 5.41) is -0.447. The fraction of sp³-hybridized carbons (Fsp3) is 0. The van der Waals surface area contributed by atoms with Gasteiger partial charge in [-0.2, -0.15) is 9.97 Å².